The molecule has 4 heterocycles. The number of piperidine rings is 2. The van der Waals surface area contributed by atoms with E-state index in [2.05, 4.69) is 20.4 Å². The number of aromatic nitrogens is 2. The summed E-state index contributed by atoms with van der Waals surface area (Å²) < 4.78 is 5.82. The van der Waals surface area contributed by atoms with E-state index < -0.39 is 0 Å². The first-order valence-electron chi connectivity index (χ1n) is 10.1. The minimum atomic E-state index is -0.0698. The fraction of sp³-hybridized carbons (Fsp3) is 0.524. The van der Waals surface area contributed by atoms with Crippen LogP contribution in [0.25, 0.3) is 11.3 Å². The maximum absolute atomic E-state index is 12.8. The van der Waals surface area contributed by atoms with Crippen LogP contribution in [0.1, 0.15) is 48.2 Å². The van der Waals surface area contributed by atoms with E-state index in [1.807, 2.05) is 24.3 Å². The van der Waals surface area contributed by atoms with Gasteiger partial charge in [-0.2, -0.15) is 5.10 Å². The molecule has 1 amide bonds. The van der Waals surface area contributed by atoms with Crippen LogP contribution in [0.15, 0.2) is 24.3 Å². The van der Waals surface area contributed by atoms with Crippen molar-refractivity contribution in [1.29, 1.82) is 0 Å². The van der Waals surface area contributed by atoms with Gasteiger partial charge in [-0.1, -0.05) is 18.6 Å². The molecular weight excluding hydrogens is 340 g/mol. The second-order valence-electron chi connectivity index (χ2n) is 7.92. The lowest BCUT2D eigenvalue weighted by Crippen LogP contribution is -2.51. The van der Waals surface area contributed by atoms with Gasteiger partial charge in [-0.05, 0) is 56.8 Å². The van der Waals surface area contributed by atoms with E-state index in [9.17, 15) is 4.79 Å². The van der Waals surface area contributed by atoms with Crippen molar-refractivity contribution >= 4 is 5.91 Å². The third-order valence-electron chi connectivity index (χ3n) is 6.36. The molecule has 0 spiro atoms. The number of hydrogen-bond donors (Lipinski definition) is 2. The number of aromatic amines is 1. The Morgan fingerprint density at radius 2 is 2.11 bits per heavy atom. The quantitative estimate of drug-likeness (QED) is 0.876. The van der Waals surface area contributed by atoms with Gasteiger partial charge in [0.2, 0.25) is 0 Å². The molecule has 0 radical (unpaired) electrons. The van der Waals surface area contributed by atoms with E-state index in [4.69, 9.17) is 4.74 Å². The third-order valence-corrected chi connectivity index (χ3v) is 6.36. The predicted octanol–water partition coefficient (Wildman–Crippen LogP) is 2.96. The molecule has 3 aliphatic heterocycles. The van der Waals surface area contributed by atoms with Crippen LogP contribution < -0.4 is 10.1 Å². The lowest BCUT2D eigenvalue weighted by molar-refractivity contribution is 0.0574. The highest BCUT2D eigenvalue weighted by Crippen LogP contribution is 2.37. The lowest BCUT2D eigenvalue weighted by atomic mass is 9.83. The van der Waals surface area contributed by atoms with E-state index in [1.54, 1.807) is 0 Å². The Morgan fingerprint density at radius 3 is 3.07 bits per heavy atom. The van der Waals surface area contributed by atoms with Gasteiger partial charge in [0.15, 0.2) is 0 Å². The van der Waals surface area contributed by atoms with Gasteiger partial charge in [-0.15, -0.1) is 0 Å². The van der Waals surface area contributed by atoms with Gasteiger partial charge in [0.25, 0.3) is 5.91 Å². The molecule has 2 fully saturated rings. The summed E-state index contributed by atoms with van der Waals surface area (Å²) in [6, 6.07) is 8.47. The Morgan fingerprint density at radius 1 is 1.22 bits per heavy atom. The molecular formula is C21H26N4O2. The van der Waals surface area contributed by atoms with Gasteiger partial charge in [0, 0.05) is 23.7 Å². The molecule has 3 aliphatic rings. The van der Waals surface area contributed by atoms with Crippen molar-refractivity contribution < 1.29 is 9.53 Å². The topological polar surface area (TPSA) is 70.2 Å². The molecule has 5 rings (SSSR count). The third kappa shape index (κ3) is 3.02. The van der Waals surface area contributed by atoms with Gasteiger partial charge in [-0.3, -0.25) is 9.89 Å². The SMILES string of the molecule is O=C(NC[C@H]1CCCN2CCCC[C@@H]12)c1[nH]nc2c1COc1ccccc1-2. The molecule has 2 aromatic rings. The maximum Gasteiger partial charge on any atom is 0.269 e. The van der Waals surface area contributed by atoms with Crippen molar-refractivity contribution in [3.63, 3.8) is 0 Å². The molecule has 1 aromatic carbocycles. The molecule has 27 heavy (non-hydrogen) atoms. The molecule has 0 saturated carbocycles. The molecule has 2 atom stereocenters. The molecule has 2 N–H and O–H groups in total. The number of benzene rings is 1. The van der Waals surface area contributed by atoms with Gasteiger partial charge in [0.1, 0.15) is 23.7 Å². The Kier molecular flexibility index (Phi) is 4.36. The molecule has 6 heteroatoms. The second-order valence-corrected chi connectivity index (χ2v) is 7.92. The smallest absolute Gasteiger partial charge is 0.269 e. The average Bonchev–Trinajstić information content (AvgIpc) is 3.17. The zero-order valence-electron chi connectivity index (χ0n) is 15.5. The Balaban J connectivity index is 1.29. The van der Waals surface area contributed by atoms with Crippen LogP contribution in [-0.4, -0.2) is 46.7 Å². The largest absolute Gasteiger partial charge is 0.488 e. The number of nitrogens with one attached hydrogen (secondary N) is 2. The van der Waals surface area contributed by atoms with E-state index in [1.165, 1.54) is 45.2 Å². The summed E-state index contributed by atoms with van der Waals surface area (Å²) in [5.74, 6) is 1.31. The Labute approximate surface area is 159 Å². The maximum atomic E-state index is 12.8. The van der Waals surface area contributed by atoms with Crippen LogP contribution in [0.2, 0.25) is 0 Å². The number of fused-ring (bicyclic) bond motifs is 4. The molecule has 0 aliphatic carbocycles. The molecule has 2 saturated heterocycles. The van der Waals surface area contributed by atoms with Crippen molar-refractivity contribution in [3.8, 4) is 17.0 Å². The minimum absolute atomic E-state index is 0.0698. The monoisotopic (exact) mass is 366 g/mol. The second kappa shape index (κ2) is 7.00. The lowest BCUT2D eigenvalue weighted by Gasteiger charge is -2.44. The highest BCUT2D eigenvalue weighted by molar-refractivity contribution is 5.96. The Bertz CT molecular complexity index is 844. The standard InChI is InChI=1S/C21H26N4O2/c26-21(22-12-14-6-5-11-25-10-4-3-8-17(14)25)20-16-13-27-18-9-2-1-7-15(18)19(16)23-24-20/h1-2,7,9,14,17H,3-6,8,10-13H2,(H,22,26)(H,23,24)/t14-,17+/m1/s1. The first kappa shape index (κ1) is 16.8. The van der Waals surface area contributed by atoms with Crippen LogP contribution in [0.4, 0.5) is 0 Å². The number of carbonyl (C=O) groups excluding carboxylic acids is 1. The van der Waals surface area contributed by atoms with Crippen LogP contribution in [0.5, 0.6) is 5.75 Å². The zero-order chi connectivity index (χ0) is 18.2. The summed E-state index contributed by atoms with van der Waals surface area (Å²) >= 11 is 0. The van der Waals surface area contributed by atoms with Crippen molar-refractivity contribution in [2.45, 2.75) is 44.8 Å². The van der Waals surface area contributed by atoms with E-state index in [0.717, 1.165) is 29.1 Å². The average molecular weight is 366 g/mol. The molecule has 142 valence electrons. The first-order chi connectivity index (χ1) is 13.3. The van der Waals surface area contributed by atoms with Gasteiger partial charge >= 0.3 is 0 Å². The molecule has 0 unspecified atom stereocenters. The summed E-state index contributed by atoms with van der Waals surface area (Å²) in [6.07, 6.45) is 6.35. The summed E-state index contributed by atoms with van der Waals surface area (Å²) in [7, 11) is 0. The first-order valence-corrected chi connectivity index (χ1v) is 10.1. The summed E-state index contributed by atoms with van der Waals surface area (Å²) in [4.78, 5) is 15.5. The molecule has 1 aromatic heterocycles. The van der Waals surface area contributed by atoms with E-state index in [-0.39, 0.29) is 5.91 Å². The summed E-state index contributed by atoms with van der Waals surface area (Å²) in [5.41, 5.74) is 3.17. The number of amides is 1. The normalized spacial score (nSPS) is 24.3. The van der Waals surface area contributed by atoms with Crippen molar-refractivity contribution in [2.75, 3.05) is 19.6 Å². The highest BCUT2D eigenvalue weighted by Gasteiger charge is 2.33. The number of H-pyrrole nitrogens is 1. The molecule has 0 bridgehead atoms. The van der Waals surface area contributed by atoms with E-state index in [0.29, 0.717) is 24.3 Å². The molecule has 6 nitrogen and oxygen atoms in total. The summed E-state index contributed by atoms with van der Waals surface area (Å²) in [6.45, 7) is 3.57. The Hall–Kier alpha value is -2.34. The number of ether oxygens (including phenoxy) is 1. The van der Waals surface area contributed by atoms with Crippen molar-refractivity contribution in [3.05, 3.63) is 35.5 Å². The fourth-order valence-corrected chi connectivity index (χ4v) is 4.98. The summed E-state index contributed by atoms with van der Waals surface area (Å²) in [5, 5.41) is 10.5. The number of nitrogens with zero attached hydrogens (tertiary/aromatic N) is 2. The number of rotatable bonds is 3. The van der Waals surface area contributed by atoms with E-state index >= 15 is 0 Å². The van der Waals surface area contributed by atoms with Crippen molar-refractivity contribution in [2.24, 2.45) is 5.92 Å². The van der Waals surface area contributed by atoms with Gasteiger partial charge < -0.3 is 15.0 Å². The minimum Gasteiger partial charge on any atom is -0.488 e. The van der Waals surface area contributed by atoms with Crippen LogP contribution in [-0.2, 0) is 6.61 Å². The van der Waals surface area contributed by atoms with Crippen LogP contribution in [0.3, 0.4) is 0 Å². The predicted molar refractivity (Wildman–Crippen MR) is 103 cm³/mol. The number of carbonyl (C=O) groups is 1. The van der Waals surface area contributed by atoms with Crippen molar-refractivity contribution in [1.82, 2.24) is 20.4 Å². The van der Waals surface area contributed by atoms with Crippen LogP contribution in [0, 0.1) is 5.92 Å². The van der Waals surface area contributed by atoms with Gasteiger partial charge in [0.05, 0.1) is 0 Å². The van der Waals surface area contributed by atoms with Gasteiger partial charge in [-0.25, -0.2) is 0 Å². The highest BCUT2D eigenvalue weighted by atomic mass is 16.5. The fourth-order valence-electron chi connectivity index (χ4n) is 4.98. The zero-order valence-corrected chi connectivity index (χ0v) is 15.5. The number of para-hydroxylation sites is 1. The van der Waals surface area contributed by atoms with Crippen LogP contribution >= 0.6 is 0 Å². The number of hydrogen-bond acceptors (Lipinski definition) is 4.